The SMILES string of the molecule is COCCNC(=O)[C@@H](C)Oc1ccc(C)cc1C. The maximum absolute atomic E-state index is 11.7. The van der Waals surface area contributed by atoms with E-state index in [2.05, 4.69) is 5.32 Å². The van der Waals surface area contributed by atoms with Crippen molar-refractivity contribution in [2.24, 2.45) is 0 Å². The Labute approximate surface area is 108 Å². The maximum Gasteiger partial charge on any atom is 0.260 e. The van der Waals surface area contributed by atoms with E-state index in [1.165, 1.54) is 5.56 Å². The van der Waals surface area contributed by atoms with Crippen molar-refractivity contribution in [2.75, 3.05) is 20.3 Å². The van der Waals surface area contributed by atoms with Crippen molar-refractivity contribution in [3.63, 3.8) is 0 Å². The molecule has 4 heteroatoms. The smallest absolute Gasteiger partial charge is 0.260 e. The van der Waals surface area contributed by atoms with Gasteiger partial charge in [0.1, 0.15) is 5.75 Å². The molecule has 1 aromatic rings. The lowest BCUT2D eigenvalue weighted by Crippen LogP contribution is -2.38. The van der Waals surface area contributed by atoms with E-state index in [1.54, 1.807) is 14.0 Å². The first kappa shape index (κ1) is 14.5. The fourth-order valence-electron chi connectivity index (χ4n) is 1.60. The highest BCUT2D eigenvalue weighted by molar-refractivity contribution is 5.80. The highest BCUT2D eigenvalue weighted by Crippen LogP contribution is 2.19. The minimum absolute atomic E-state index is 0.132. The van der Waals surface area contributed by atoms with E-state index >= 15 is 0 Å². The molecule has 0 heterocycles. The van der Waals surface area contributed by atoms with Crippen molar-refractivity contribution in [1.29, 1.82) is 0 Å². The number of benzene rings is 1. The predicted octanol–water partition coefficient (Wildman–Crippen LogP) is 1.83. The summed E-state index contributed by atoms with van der Waals surface area (Å²) in [6, 6.07) is 5.90. The van der Waals surface area contributed by atoms with E-state index in [9.17, 15) is 4.79 Å². The highest BCUT2D eigenvalue weighted by atomic mass is 16.5. The molecular weight excluding hydrogens is 230 g/mol. The molecule has 1 N–H and O–H groups in total. The molecule has 0 saturated heterocycles. The van der Waals surface area contributed by atoms with Crippen LogP contribution < -0.4 is 10.1 Å². The molecule has 0 aromatic heterocycles. The first-order valence-corrected chi connectivity index (χ1v) is 6.05. The normalized spacial score (nSPS) is 12.0. The van der Waals surface area contributed by atoms with Gasteiger partial charge in [0.25, 0.3) is 5.91 Å². The number of hydrogen-bond donors (Lipinski definition) is 1. The van der Waals surface area contributed by atoms with Crippen LogP contribution in [0.3, 0.4) is 0 Å². The fourth-order valence-corrected chi connectivity index (χ4v) is 1.60. The molecule has 1 amide bonds. The van der Waals surface area contributed by atoms with Crippen molar-refractivity contribution in [3.05, 3.63) is 29.3 Å². The second-order valence-electron chi connectivity index (χ2n) is 4.31. The largest absolute Gasteiger partial charge is 0.481 e. The summed E-state index contributed by atoms with van der Waals surface area (Å²) < 4.78 is 10.5. The average Bonchev–Trinajstić information content (AvgIpc) is 2.32. The Morgan fingerprint density at radius 2 is 2.11 bits per heavy atom. The number of amides is 1. The van der Waals surface area contributed by atoms with Gasteiger partial charge >= 0.3 is 0 Å². The lowest BCUT2D eigenvalue weighted by molar-refractivity contribution is -0.127. The first-order valence-electron chi connectivity index (χ1n) is 6.05. The molecule has 0 radical (unpaired) electrons. The van der Waals surface area contributed by atoms with Gasteiger partial charge in [0.15, 0.2) is 6.10 Å². The topological polar surface area (TPSA) is 47.6 Å². The summed E-state index contributed by atoms with van der Waals surface area (Å²) in [6.45, 7) is 6.73. The Bertz CT molecular complexity index is 404. The molecule has 0 unspecified atom stereocenters. The summed E-state index contributed by atoms with van der Waals surface area (Å²) >= 11 is 0. The van der Waals surface area contributed by atoms with Gasteiger partial charge in [-0.2, -0.15) is 0 Å². The molecule has 0 aliphatic rings. The Morgan fingerprint density at radius 1 is 1.39 bits per heavy atom. The number of carbonyl (C=O) groups is 1. The summed E-state index contributed by atoms with van der Waals surface area (Å²) in [5.41, 5.74) is 2.21. The summed E-state index contributed by atoms with van der Waals surface area (Å²) in [4.78, 5) is 11.7. The molecule has 4 nitrogen and oxygen atoms in total. The second kappa shape index (κ2) is 7.01. The molecule has 1 atom stereocenters. The number of aryl methyl sites for hydroxylation is 2. The Hall–Kier alpha value is -1.55. The molecule has 0 saturated carbocycles. The quantitative estimate of drug-likeness (QED) is 0.785. The zero-order valence-electron chi connectivity index (χ0n) is 11.4. The molecular formula is C14H21NO3. The van der Waals surface area contributed by atoms with Crippen LogP contribution >= 0.6 is 0 Å². The summed E-state index contributed by atoms with van der Waals surface area (Å²) in [5, 5.41) is 2.75. The third kappa shape index (κ3) is 4.37. The van der Waals surface area contributed by atoms with Gasteiger partial charge in [-0.25, -0.2) is 0 Å². The van der Waals surface area contributed by atoms with Crippen LogP contribution in [0.4, 0.5) is 0 Å². The molecule has 0 spiro atoms. The van der Waals surface area contributed by atoms with Crippen molar-refractivity contribution in [2.45, 2.75) is 26.9 Å². The van der Waals surface area contributed by atoms with Crippen LogP contribution in [-0.2, 0) is 9.53 Å². The van der Waals surface area contributed by atoms with Gasteiger partial charge in [-0.05, 0) is 32.4 Å². The van der Waals surface area contributed by atoms with Crippen LogP contribution in [0, 0.1) is 13.8 Å². The average molecular weight is 251 g/mol. The number of nitrogens with one attached hydrogen (secondary N) is 1. The molecule has 100 valence electrons. The molecule has 0 aliphatic carbocycles. The van der Waals surface area contributed by atoms with Crippen molar-refractivity contribution >= 4 is 5.91 Å². The third-order valence-electron chi connectivity index (χ3n) is 2.61. The van der Waals surface area contributed by atoms with Gasteiger partial charge in [-0.15, -0.1) is 0 Å². The molecule has 18 heavy (non-hydrogen) atoms. The monoisotopic (exact) mass is 251 g/mol. The van der Waals surface area contributed by atoms with Gasteiger partial charge in [-0.3, -0.25) is 4.79 Å². The zero-order valence-corrected chi connectivity index (χ0v) is 11.4. The van der Waals surface area contributed by atoms with E-state index in [-0.39, 0.29) is 5.91 Å². The molecule has 0 aliphatic heterocycles. The summed E-state index contributed by atoms with van der Waals surface area (Å²) in [5.74, 6) is 0.613. The Balaban J connectivity index is 2.53. The van der Waals surface area contributed by atoms with E-state index in [1.807, 2.05) is 32.0 Å². The number of rotatable bonds is 6. The van der Waals surface area contributed by atoms with Gasteiger partial charge in [0, 0.05) is 13.7 Å². The van der Waals surface area contributed by atoms with Crippen LogP contribution in [0.1, 0.15) is 18.1 Å². The number of ether oxygens (including phenoxy) is 2. The minimum atomic E-state index is -0.511. The van der Waals surface area contributed by atoms with Gasteiger partial charge in [-0.1, -0.05) is 17.7 Å². The van der Waals surface area contributed by atoms with Crippen molar-refractivity contribution < 1.29 is 14.3 Å². The number of hydrogen-bond acceptors (Lipinski definition) is 3. The third-order valence-corrected chi connectivity index (χ3v) is 2.61. The van der Waals surface area contributed by atoms with Gasteiger partial charge in [0.05, 0.1) is 6.61 Å². The van der Waals surface area contributed by atoms with E-state index in [4.69, 9.17) is 9.47 Å². The van der Waals surface area contributed by atoms with Crippen molar-refractivity contribution in [1.82, 2.24) is 5.32 Å². The van der Waals surface area contributed by atoms with E-state index in [0.717, 1.165) is 11.3 Å². The van der Waals surface area contributed by atoms with Crippen LogP contribution in [0.2, 0.25) is 0 Å². The second-order valence-corrected chi connectivity index (χ2v) is 4.31. The highest BCUT2D eigenvalue weighted by Gasteiger charge is 2.14. The van der Waals surface area contributed by atoms with Gasteiger partial charge < -0.3 is 14.8 Å². The summed E-state index contributed by atoms with van der Waals surface area (Å²) in [7, 11) is 1.60. The Morgan fingerprint density at radius 3 is 2.72 bits per heavy atom. The number of methoxy groups -OCH3 is 1. The molecule has 1 rings (SSSR count). The van der Waals surface area contributed by atoms with E-state index in [0.29, 0.717) is 13.2 Å². The lowest BCUT2D eigenvalue weighted by atomic mass is 10.1. The maximum atomic E-state index is 11.7. The van der Waals surface area contributed by atoms with Gasteiger partial charge in [0.2, 0.25) is 0 Å². The number of carbonyl (C=O) groups excluding carboxylic acids is 1. The molecule has 0 fully saturated rings. The van der Waals surface area contributed by atoms with E-state index < -0.39 is 6.10 Å². The molecule has 0 bridgehead atoms. The minimum Gasteiger partial charge on any atom is -0.481 e. The predicted molar refractivity (Wildman–Crippen MR) is 70.9 cm³/mol. The van der Waals surface area contributed by atoms with Crippen LogP contribution in [0.15, 0.2) is 18.2 Å². The van der Waals surface area contributed by atoms with Crippen LogP contribution in [-0.4, -0.2) is 32.3 Å². The van der Waals surface area contributed by atoms with Crippen LogP contribution in [0.5, 0.6) is 5.75 Å². The Kier molecular flexibility index (Phi) is 5.65. The first-order chi connectivity index (χ1) is 8.54. The summed E-state index contributed by atoms with van der Waals surface area (Å²) in [6.07, 6.45) is -0.511. The fraction of sp³-hybridized carbons (Fsp3) is 0.500. The van der Waals surface area contributed by atoms with Crippen molar-refractivity contribution in [3.8, 4) is 5.75 Å². The lowest BCUT2D eigenvalue weighted by Gasteiger charge is -2.16. The zero-order chi connectivity index (χ0) is 13.5. The standard InChI is InChI=1S/C14H21NO3/c1-10-5-6-13(11(2)9-10)18-12(3)14(16)15-7-8-17-4/h5-6,9,12H,7-8H2,1-4H3,(H,15,16)/t12-/m1/s1. The van der Waals surface area contributed by atoms with Crippen LogP contribution in [0.25, 0.3) is 0 Å². The molecule has 1 aromatic carbocycles.